The van der Waals surface area contributed by atoms with Gasteiger partial charge in [0.15, 0.2) is 0 Å². The molecule has 248 valence electrons. The van der Waals surface area contributed by atoms with E-state index in [2.05, 4.69) is 22.6 Å². The SMILES string of the molecule is C=CC(=O)OCOc1ccc(CCC(=O)Oc2ccc(OC(=O)CCc3ccc(OCOC(=O)C=C)cc3F)c(C(F)F)c2)c(F)c1. The Kier molecular flexibility index (Phi) is 13.5. The lowest BCUT2D eigenvalue weighted by Gasteiger charge is -2.12. The number of ether oxygens (including phenoxy) is 6. The Morgan fingerprint density at radius 3 is 1.57 bits per heavy atom. The van der Waals surface area contributed by atoms with Gasteiger partial charge in [0.1, 0.15) is 34.6 Å². The number of hydrogen-bond acceptors (Lipinski definition) is 10. The third kappa shape index (κ3) is 11.7. The van der Waals surface area contributed by atoms with E-state index in [1.165, 1.54) is 24.3 Å². The van der Waals surface area contributed by atoms with Crippen molar-refractivity contribution in [3.8, 4) is 23.0 Å². The molecule has 3 aromatic rings. The number of hydrogen-bond donors (Lipinski definition) is 0. The quantitative estimate of drug-likeness (QED) is 0.0551. The van der Waals surface area contributed by atoms with Crippen molar-refractivity contribution in [3.05, 3.63) is 108 Å². The van der Waals surface area contributed by atoms with Gasteiger partial charge in [0.05, 0.1) is 18.4 Å². The Morgan fingerprint density at radius 1 is 0.660 bits per heavy atom. The first kappa shape index (κ1) is 35.8. The van der Waals surface area contributed by atoms with Gasteiger partial charge < -0.3 is 28.4 Å². The summed E-state index contributed by atoms with van der Waals surface area (Å²) in [7, 11) is 0. The van der Waals surface area contributed by atoms with Gasteiger partial charge in [-0.25, -0.2) is 27.2 Å². The van der Waals surface area contributed by atoms with Crippen molar-refractivity contribution in [1.29, 1.82) is 0 Å². The summed E-state index contributed by atoms with van der Waals surface area (Å²) in [5.74, 6) is -5.24. The van der Waals surface area contributed by atoms with E-state index in [-0.39, 0.29) is 54.1 Å². The number of benzene rings is 3. The van der Waals surface area contributed by atoms with E-state index < -0.39 is 66.8 Å². The van der Waals surface area contributed by atoms with Crippen molar-refractivity contribution in [2.24, 2.45) is 0 Å². The van der Waals surface area contributed by atoms with Crippen LogP contribution in [0.25, 0.3) is 0 Å². The van der Waals surface area contributed by atoms with Gasteiger partial charge in [-0.05, 0) is 54.3 Å². The lowest BCUT2D eigenvalue weighted by Crippen LogP contribution is -2.12. The van der Waals surface area contributed by atoms with Crippen LogP contribution in [0.15, 0.2) is 79.9 Å². The van der Waals surface area contributed by atoms with Crippen LogP contribution in [0.4, 0.5) is 17.6 Å². The smallest absolute Gasteiger partial charge is 0.333 e. The van der Waals surface area contributed by atoms with Gasteiger partial charge in [-0.3, -0.25) is 9.59 Å². The highest BCUT2D eigenvalue weighted by Crippen LogP contribution is 2.33. The fraction of sp³-hybridized carbons (Fsp3) is 0.212. The maximum absolute atomic E-state index is 14.4. The molecule has 0 aliphatic rings. The third-order valence-electron chi connectivity index (χ3n) is 6.10. The van der Waals surface area contributed by atoms with Crippen LogP contribution in [0.2, 0.25) is 0 Å². The average Bonchev–Trinajstić information content (AvgIpc) is 3.04. The maximum Gasteiger partial charge on any atom is 0.333 e. The minimum absolute atomic E-state index is 0.0615. The van der Waals surface area contributed by atoms with Crippen molar-refractivity contribution < 1.29 is 65.2 Å². The summed E-state index contributed by atoms with van der Waals surface area (Å²) in [4.78, 5) is 46.8. The van der Waals surface area contributed by atoms with Gasteiger partial charge in [-0.2, -0.15) is 0 Å². The molecule has 0 unspecified atom stereocenters. The zero-order valence-electron chi connectivity index (χ0n) is 24.7. The minimum Gasteiger partial charge on any atom is -0.457 e. The molecule has 3 aromatic carbocycles. The summed E-state index contributed by atoms with van der Waals surface area (Å²) in [6.45, 7) is 5.53. The second-order valence-electron chi connectivity index (χ2n) is 9.31. The van der Waals surface area contributed by atoms with E-state index in [9.17, 15) is 36.7 Å². The predicted octanol–water partition coefficient (Wildman–Crippen LogP) is 6.11. The third-order valence-corrected chi connectivity index (χ3v) is 6.10. The number of alkyl halides is 2. The van der Waals surface area contributed by atoms with Crippen LogP contribution in [-0.2, 0) is 41.5 Å². The fourth-order valence-corrected chi connectivity index (χ4v) is 3.75. The van der Waals surface area contributed by atoms with Crippen LogP contribution in [0, 0.1) is 11.6 Å². The first-order chi connectivity index (χ1) is 22.5. The van der Waals surface area contributed by atoms with Crippen LogP contribution in [0.5, 0.6) is 23.0 Å². The van der Waals surface area contributed by atoms with Crippen molar-refractivity contribution in [2.75, 3.05) is 13.6 Å². The molecule has 0 saturated heterocycles. The molecule has 0 N–H and O–H groups in total. The largest absolute Gasteiger partial charge is 0.457 e. The number of rotatable bonds is 17. The molecule has 0 aliphatic carbocycles. The van der Waals surface area contributed by atoms with Gasteiger partial charge in [0, 0.05) is 24.3 Å². The van der Waals surface area contributed by atoms with Crippen LogP contribution in [0.3, 0.4) is 0 Å². The molecule has 0 amide bonds. The number of halogens is 4. The van der Waals surface area contributed by atoms with Crippen molar-refractivity contribution in [2.45, 2.75) is 32.1 Å². The molecule has 0 heterocycles. The second-order valence-corrected chi connectivity index (χ2v) is 9.31. The highest BCUT2D eigenvalue weighted by atomic mass is 19.3. The minimum atomic E-state index is -3.11. The summed E-state index contributed by atoms with van der Waals surface area (Å²) < 4.78 is 86.0. The number of carbonyl (C=O) groups is 4. The molecule has 0 bridgehead atoms. The topological polar surface area (TPSA) is 124 Å². The Balaban J connectivity index is 1.51. The van der Waals surface area contributed by atoms with Gasteiger partial charge in [-0.1, -0.05) is 25.3 Å². The monoisotopic (exact) mass is 660 g/mol. The zero-order valence-corrected chi connectivity index (χ0v) is 24.7. The van der Waals surface area contributed by atoms with E-state index in [1.807, 2.05) is 0 Å². The fourth-order valence-electron chi connectivity index (χ4n) is 3.75. The summed E-state index contributed by atoms with van der Waals surface area (Å²) in [6.07, 6.45) is -2.12. The van der Waals surface area contributed by atoms with E-state index in [0.717, 1.165) is 42.5 Å². The number of carbonyl (C=O) groups excluding carboxylic acids is 4. The van der Waals surface area contributed by atoms with Gasteiger partial charge >= 0.3 is 23.9 Å². The van der Waals surface area contributed by atoms with Crippen LogP contribution in [0.1, 0.15) is 36.0 Å². The number of aryl methyl sites for hydroxylation is 2. The second kappa shape index (κ2) is 17.7. The molecule has 0 atom stereocenters. The molecule has 0 aromatic heterocycles. The highest BCUT2D eigenvalue weighted by molar-refractivity contribution is 5.81. The van der Waals surface area contributed by atoms with E-state index in [4.69, 9.17) is 18.9 Å². The van der Waals surface area contributed by atoms with Crippen molar-refractivity contribution >= 4 is 23.9 Å². The Morgan fingerprint density at radius 2 is 1.13 bits per heavy atom. The molecule has 0 aliphatic heterocycles. The summed E-state index contributed by atoms with van der Waals surface area (Å²) in [5, 5.41) is 0. The standard InChI is InChI=1S/C33H28F4O10/c1-3-29(38)44-18-42-22-9-5-20(26(34)16-22)7-13-31(40)46-24-11-12-28(25(15-24)33(36)37)47-32(41)14-8-21-6-10-23(17-27(21)35)43-19-45-30(39)4-2/h3-6,9-12,15-17,33H,1-2,7-8,13-14,18-19H2. The molecular weight excluding hydrogens is 632 g/mol. The Labute approximate surface area is 266 Å². The van der Waals surface area contributed by atoms with Crippen LogP contribution in [-0.4, -0.2) is 37.5 Å². The molecule has 10 nitrogen and oxygen atoms in total. The molecule has 3 rings (SSSR count). The molecule has 14 heteroatoms. The lowest BCUT2D eigenvalue weighted by molar-refractivity contribution is -0.145. The van der Waals surface area contributed by atoms with Gasteiger partial charge in [0.2, 0.25) is 13.6 Å². The first-order valence-electron chi connectivity index (χ1n) is 13.7. The van der Waals surface area contributed by atoms with Crippen molar-refractivity contribution in [3.63, 3.8) is 0 Å². The Hall–Kier alpha value is -5.66. The van der Waals surface area contributed by atoms with Gasteiger partial charge in [0.25, 0.3) is 6.43 Å². The molecule has 0 saturated carbocycles. The van der Waals surface area contributed by atoms with Crippen LogP contribution < -0.4 is 18.9 Å². The first-order valence-corrected chi connectivity index (χ1v) is 13.7. The lowest BCUT2D eigenvalue weighted by atomic mass is 10.1. The summed E-state index contributed by atoms with van der Waals surface area (Å²) >= 11 is 0. The molecule has 0 spiro atoms. The average molecular weight is 661 g/mol. The highest BCUT2D eigenvalue weighted by Gasteiger charge is 2.20. The van der Waals surface area contributed by atoms with E-state index >= 15 is 0 Å². The summed E-state index contributed by atoms with van der Waals surface area (Å²) in [6, 6.07) is 10.5. The summed E-state index contributed by atoms with van der Waals surface area (Å²) in [5.41, 5.74) is -0.470. The molecule has 0 radical (unpaired) electrons. The Bertz CT molecular complexity index is 1620. The maximum atomic E-state index is 14.4. The van der Waals surface area contributed by atoms with Crippen molar-refractivity contribution in [1.82, 2.24) is 0 Å². The molecule has 47 heavy (non-hydrogen) atoms. The number of esters is 4. The normalized spacial score (nSPS) is 10.5. The molecule has 0 fully saturated rings. The molecular formula is C33H28F4O10. The van der Waals surface area contributed by atoms with Gasteiger partial charge in [-0.15, -0.1) is 0 Å². The van der Waals surface area contributed by atoms with E-state index in [0.29, 0.717) is 0 Å². The zero-order chi connectivity index (χ0) is 34.3. The van der Waals surface area contributed by atoms with Crippen LogP contribution >= 0.6 is 0 Å². The predicted molar refractivity (Wildman–Crippen MR) is 156 cm³/mol. The van der Waals surface area contributed by atoms with E-state index in [1.54, 1.807) is 0 Å².